The minimum atomic E-state index is -4.62. The van der Waals surface area contributed by atoms with Gasteiger partial charge in [-0.25, -0.2) is 4.98 Å². The zero-order valence-corrected chi connectivity index (χ0v) is 9.54. The molecule has 1 fully saturated rings. The summed E-state index contributed by atoms with van der Waals surface area (Å²) in [6.07, 6.45) is -3.89. The van der Waals surface area contributed by atoms with Gasteiger partial charge in [-0.15, -0.1) is 0 Å². The summed E-state index contributed by atoms with van der Waals surface area (Å²) in [7, 11) is 0. The fourth-order valence-corrected chi connectivity index (χ4v) is 2.39. The van der Waals surface area contributed by atoms with E-state index in [4.69, 9.17) is 0 Å². The lowest BCUT2D eigenvalue weighted by Crippen LogP contribution is -2.47. The number of aliphatic hydroxyl groups is 1. The van der Waals surface area contributed by atoms with E-state index < -0.39 is 30.6 Å². The average molecular weight is 263 g/mol. The van der Waals surface area contributed by atoms with Gasteiger partial charge in [-0.3, -0.25) is 0 Å². The molecule has 0 radical (unpaired) electrons. The summed E-state index contributed by atoms with van der Waals surface area (Å²) in [6, 6.07) is 3.09. The second-order valence-corrected chi connectivity index (χ2v) is 4.69. The Kier molecular flexibility index (Phi) is 3.31. The molecule has 1 saturated carbocycles. The van der Waals surface area contributed by atoms with Crippen LogP contribution in [0.15, 0.2) is 18.3 Å². The number of hydrogen-bond donors (Lipinski definition) is 1. The van der Waals surface area contributed by atoms with Gasteiger partial charge in [0.15, 0.2) is 5.60 Å². The molecule has 0 spiro atoms. The maximum atomic E-state index is 13.4. The Morgan fingerprint density at radius 2 is 1.89 bits per heavy atom. The van der Waals surface area contributed by atoms with Crippen LogP contribution in [0.2, 0.25) is 0 Å². The smallest absolute Gasteiger partial charge is 0.380 e. The zero-order chi connectivity index (χ0) is 13.4. The SMILES string of the molecule is O[C@]1(C(F)(F)F)CC[C@H](c2cccnc2F)CC1. The number of hydrogen-bond acceptors (Lipinski definition) is 2. The minimum absolute atomic E-state index is 0.110. The highest BCUT2D eigenvalue weighted by Crippen LogP contribution is 2.45. The quantitative estimate of drug-likeness (QED) is 0.623. The first kappa shape index (κ1) is 13.3. The summed E-state index contributed by atoms with van der Waals surface area (Å²) in [6.45, 7) is 0. The lowest BCUT2D eigenvalue weighted by Gasteiger charge is -2.37. The van der Waals surface area contributed by atoms with Gasteiger partial charge in [0.1, 0.15) is 0 Å². The first-order valence-electron chi connectivity index (χ1n) is 5.73. The van der Waals surface area contributed by atoms with Gasteiger partial charge in [-0.05, 0) is 37.7 Å². The Balaban J connectivity index is 2.10. The van der Waals surface area contributed by atoms with E-state index in [9.17, 15) is 22.7 Å². The van der Waals surface area contributed by atoms with Crippen molar-refractivity contribution < 1.29 is 22.7 Å². The Hall–Kier alpha value is -1.17. The molecule has 2 nitrogen and oxygen atoms in total. The first-order chi connectivity index (χ1) is 8.33. The van der Waals surface area contributed by atoms with Crippen molar-refractivity contribution in [3.8, 4) is 0 Å². The van der Waals surface area contributed by atoms with E-state index in [-0.39, 0.29) is 18.8 Å². The molecule has 18 heavy (non-hydrogen) atoms. The Bertz CT molecular complexity index is 424. The van der Waals surface area contributed by atoms with Gasteiger partial charge in [0.2, 0.25) is 5.95 Å². The summed E-state index contributed by atoms with van der Waals surface area (Å²) < 4.78 is 51.2. The Labute approximate surface area is 102 Å². The monoisotopic (exact) mass is 263 g/mol. The second kappa shape index (κ2) is 4.50. The molecule has 1 aromatic heterocycles. The number of aromatic nitrogens is 1. The lowest BCUT2D eigenvalue weighted by atomic mass is 9.76. The van der Waals surface area contributed by atoms with Crippen molar-refractivity contribution in [2.24, 2.45) is 0 Å². The van der Waals surface area contributed by atoms with Crippen LogP contribution in [-0.2, 0) is 0 Å². The summed E-state index contributed by atoms with van der Waals surface area (Å²) in [5.41, 5.74) is -2.29. The highest BCUT2D eigenvalue weighted by Gasteiger charge is 2.54. The van der Waals surface area contributed by atoms with E-state index in [1.54, 1.807) is 6.07 Å². The molecule has 0 bridgehead atoms. The van der Waals surface area contributed by atoms with Crippen LogP contribution < -0.4 is 0 Å². The molecular formula is C12H13F4NO. The van der Waals surface area contributed by atoms with E-state index in [1.807, 2.05) is 0 Å². The van der Waals surface area contributed by atoms with Crippen molar-refractivity contribution in [2.45, 2.75) is 43.4 Å². The number of nitrogens with zero attached hydrogens (tertiary/aromatic N) is 1. The fourth-order valence-electron chi connectivity index (χ4n) is 2.39. The summed E-state index contributed by atoms with van der Waals surface area (Å²) in [5.74, 6) is -0.943. The van der Waals surface area contributed by atoms with Crippen LogP contribution in [0.4, 0.5) is 17.6 Å². The van der Waals surface area contributed by atoms with Crippen LogP contribution in [0.5, 0.6) is 0 Å². The number of pyridine rings is 1. The van der Waals surface area contributed by atoms with E-state index in [0.717, 1.165) is 0 Å². The predicted octanol–water partition coefficient (Wildman–Crippen LogP) is 3.17. The molecule has 0 amide bonds. The maximum absolute atomic E-state index is 13.4. The molecule has 0 atom stereocenters. The molecule has 1 heterocycles. The van der Waals surface area contributed by atoms with Crippen molar-refractivity contribution in [3.05, 3.63) is 29.8 Å². The average Bonchev–Trinajstić information content (AvgIpc) is 2.30. The molecule has 0 unspecified atom stereocenters. The molecule has 1 aliphatic carbocycles. The molecule has 1 aromatic rings. The molecule has 0 aliphatic heterocycles. The first-order valence-corrected chi connectivity index (χ1v) is 5.73. The summed E-state index contributed by atoms with van der Waals surface area (Å²) >= 11 is 0. The standard InChI is InChI=1S/C12H13F4NO/c13-10-9(2-1-7-17-10)8-3-5-11(18,6-4-8)12(14,15)16/h1-2,7-8,18H,3-6H2/t8-,11+. The van der Waals surface area contributed by atoms with Crippen molar-refractivity contribution in [3.63, 3.8) is 0 Å². The third-order valence-electron chi connectivity index (χ3n) is 3.57. The van der Waals surface area contributed by atoms with Crippen LogP contribution in [0.25, 0.3) is 0 Å². The largest absolute Gasteiger partial charge is 0.417 e. The van der Waals surface area contributed by atoms with Crippen LogP contribution in [0, 0.1) is 5.95 Å². The normalized spacial score (nSPS) is 29.3. The van der Waals surface area contributed by atoms with E-state index in [2.05, 4.69) is 4.98 Å². The van der Waals surface area contributed by atoms with Crippen molar-refractivity contribution >= 4 is 0 Å². The number of rotatable bonds is 1. The fraction of sp³-hybridized carbons (Fsp3) is 0.583. The van der Waals surface area contributed by atoms with Crippen LogP contribution >= 0.6 is 0 Å². The minimum Gasteiger partial charge on any atom is -0.380 e. The molecule has 0 aromatic carbocycles. The molecule has 6 heteroatoms. The molecule has 1 aliphatic rings. The highest BCUT2D eigenvalue weighted by atomic mass is 19.4. The topological polar surface area (TPSA) is 33.1 Å². The van der Waals surface area contributed by atoms with Crippen molar-refractivity contribution in [1.29, 1.82) is 0 Å². The molecule has 2 rings (SSSR count). The van der Waals surface area contributed by atoms with Gasteiger partial charge in [-0.2, -0.15) is 17.6 Å². The van der Waals surface area contributed by atoms with E-state index >= 15 is 0 Å². The molecule has 100 valence electrons. The van der Waals surface area contributed by atoms with Crippen LogP contribution in [0.1, 0.15) is 37.2 Å². The Morgan fingerprint density at radius 1 is 1.28 bits per heavy atom. The zero-order valence-electron chi connectivity index (χ0n) is 9.54. The molecular weight excluding hydrogens is 250 g/mol. The summed E-state index contributed by atoms with van der Waals surface area (Å²) in [4.78, 5) is 3.49. The highest BCUT2D eigenvalue weighted by molar-refractivity contribution is 5.18. The second-order valence-electron chi connectivity index (χ2n) is 4.69. The van der Waals surface area contributed by atoms with Gasteiger partial charge < -0.3 is 5.11 Å². The van der Waals surface area contributed by atoms with Crippen molar-refractivity contribution in [2.75, 3.05) is 0 Å². The Morgan fingerprint density at radius 3 is 2.39 bits per heavy atom. The predicted molar refractivity (Wildman–Crippen MR) is 56.4 cm³/mol. The van der Waals surface area contributed by atoms with Crippen LogP contribution in [-0.4, -0.2) is 21.9 Å². The van der Waals surface area contributed by atoms with Gasteiger partial charge in [-0.1, -0.05) is 6.07 Å². The van der Waals surface area contributed by atoms with E-state index in [1.165, 1.54) is 12.3 Å². The van der Waals surface area contributed by atoms with Gasteiger partial charge in [0.05, 0.1) is 0 Å². The third kappa shape index (κ3) is 2.34. The van der Waals surface area contributed by atoms with E-state index in [0.29, 0.717) is 5.56 Å². The third-order valence-corrected chi connectivity index (χ3v) is 3.57. The van der Waals surface area contributed by atoms with Gasteiger partial charge in [0, 0.05) is 11.8 Å². The molecule has 1 N–H and O–H groups in total. The maximum Gasteiger partial charge on any atom is 0.417 e. The number of halogens is 4. The summed E-state index contributed by atoms with van der Waals surface area (Å²) in [5, 5.41) is 9.51. The molecule has 0 saturated heterocycles. The van der Waals surface area contributed by atoms with Gasteiger partial charge >= 0.3 is 6.18 Å². The van der Waals surface area contributed by atoms with Gasteiger partial charge in [0.25, 0.3) is 0 Å². The number of alkyl halides is 3. The lowest BCUT2D eigenvalue weighted by molar-refractivity contribution is -0.270. The van der Waals surface area contributed by atoms with Crippen LogP contribution in [0.3, 0.4) is 0 Å². The van der Waals surface area contributed by atoms with Crippen molar-refractivity contribution in [1.82, 2.24) is 4.98 Å².